The monoisotopic (exact) mass is 294 g/mol. The molecular weight excluding hydrogens is 284 g/mol. The van der Waals surface area contributed by atoms with Gasteiger partial charge in [-0.05, 0) is 35.9 Å². The first-order valence-corrected chi connectivity index (χ1v) is 6.72. The highest BCUT2D eigenvalue weighted by molar-refractivity contribution is 6.30. The number of hydrogen-bond acceptors (Lipinski definition) is 3. The number of imidazole rings is 1. The molecule has 0 fully saturated rings. The van der Waals surface area contributed by atoms with Gasteiger partial charge in [0.1, 0.15) is 6.07 Å². The first-order valence-electron chi connectivity index (χ1n) is 6.34. The minimum atomic E-state index is 0.484. The van der Waals surface area contributed by atoms with Crippen LogP contribution in [0.3, 0.4) is 0 Å². The zero-order valence-electron chi connectivity index (χ0n) is 11.3. The Morgan fingerprint density at radius 1 is 1.29 bits per heavy atom. The van der Waals surface area contributed by atoms with Gasteiger partial charge in [0.15, 0.2) is 11.5 Å². The molecule has 102 valence electrons. The lowest BCUT2D eigenvalue weighted by Crippen LogP contribution is -1.96. The molecule has 21 heavy (non-hydrogen) atoms. The largest absolute Gasteiger partial charge is 0.325 e. The summed E-state index contributed by atoms with van der Waals surface area (Å²) in [5, 5.41) is 10.1. The predicted molar refractivity (Wildman–Crippen MR) is 83.4 cm³/mol. The third-order valence-corrected chi connectivity index (χ3v) is 3.45. The summed E-state index contributed by atoms with van der Waals surface area (Å²) >= 11 is 5.87. The fourth-order valence-electron chi connectivity index (χ4n) is 2.14. The molecule has 0 aliphatic carbocycles. The molecule has 5 heteroatoms. The highest BCUT2D eigenvalue weighted by Gasteiger charge is 2.12. The SMILES string of the molecule is Cn1c(C(C#N)=Cc2ccc(Cl)cc2)nc2ncccc21. The van der Waals surface area contributed by atoms with Crippen molar-refractivity contribution in [3.63, 3.8) is 0 Å². The average molecular weight is 295 g/mol. The third-order valence-electron chi connectivity index (χ3n) is 3.20. The van der Waals surface area contributed by atoms with Crippen LogP contribution in [0.5, 0.6) is 0 Å². The van der Waals surface area contributed by atoms with Crippen LogP contribution in [0, 0.1) is 11.3 Å². The molecule has 4 nitrogen and oxygen atoms in total. The van der Waals surface area contributed by atoms with Crippen molar-refractivity contribution in [2.24, 2.45) is 7.05 Å². The molecule has 2 heterocycles. The lowest BCUT2D eigenvalue weighted by atomic mass is 10.1. The van der Waals surface area contributed by atoms with Gasteiger partial charge in [0.25, 0.3) is 0 Å². The van der Waals surface area contributed by atoms with E-state index < -0.39 is 0 Å². The Hall–Kier alpha value is -2.64. The van der Waals surface area contributed by atoms with Gasteiger partial charge in [0, 0.05) is 18.3 Å². The van der Waals surface area contributed by atoms with Crippen molar-refractivity contribution in [1.82, 2.24) is 14.5 Å². The summed E-state index contributed by atoms with van der Waals surface area (Å²) in [6, 6.07) is 13.3. The van der Waals surface area contributed by atoms with Crippen LogP contribution in [-0.2, 0) is 7.05 Å². The van der Waals surface area contributed by atoms with Gasteiger partial charge in [-0.2, -0.15) is 5.26 Å². The Morgan fingerprint density at radius 3 is 2.71 bits per heavy atom. The van der Waals surface area contributed by atoms with Gasteiger partial charge in [-0.25, -0.2) is 9.97 Å². The van der Waals surface area contributed by atoms with E-state index in [1.807, 2.05) is 35.9 Å². The maximum atomic E-state index is 9.43. The number of allylic oxidation sites excluding steroid dienone is 1. The molecule has 1 aromatic carbocycles. The molecular formula is C16H11ClN4. The third kappa shape index (κ3) is 2.51. The summed E-state index contributed by atoms with van der Waals surface area (Å²) < 4.78 is 1.87. The van der Waals surface area contributed by atoms with Crippen LogP contribution in [0.4, 0.5) is 0 Å². The van der Waals surface area contributed by atoms with Crippen molar-refractivity contribution in [1.29, 1.82) is 5.26 Å². The molecule has 0 atom stereocenters. The van der Waals surface area contributed by atoms with Gasteiger partial charge >= 0.3 is 0 Å². The smallest absolute Gasteiger partial charge is 0.178 e. The highest BCUT2D eigenvalue weighted by atomic mass is 35.5. The fourth-order valence-corrected chi connectivity index (χ4v) is 2.27. The van der Waals surface area contributed by atoms with E-state index in [1.165, 1.54) is 0 Å². The topological polar surface area (TPSA) is 54.5 Å². The van der Waals surface area contributed by atoms with E-state index in [0.29, 0.717) is 22.1 Å². The van der Waals surface area contributed by atoms with E-state index in [-0.39, 0.29) is 0 Å². The number of aryl methyl sites for hydroxylation is 1. The molecule has 0 unspecified atom stereocenters. The fraction of sp³-hybridized carbons (Fsp3) is 0.0625. The van der Waals surface area contributed by atoms with Gasteiger partial charge in [0.05, 0.1) is 11.1 Å². The Balaban J connectivity index is 2.12. The molecule has 0 radical (unpaired) electrons. The molecule has 0 aliphatic rings. The van der Waals surface area contributed by atoms with E-state index in [2.05, 4.69) is 16.0 Å². The van der Waals surface area contributed by atoms with Crippen molar-refractivity contribution in [3.8, 4) is 6.07 Å². The summed E-state index contributed by atoms with van der Waals surface area (Å²) in [5.74, 6) is 0.598. The van der Waals surface area contributed by atoms with E-state index in [9.17, 15) is 5.26 Å². The maximum absolute atomic E-state index is 9.43. The van der Waals surface area contributed by atoms with Gasteiger partial charge in [-0.3, -0.25) is 0 Å². The Labute approximate surface area is 126 Å². The van der Waals surface area contributed by atoms with Crippen LogP contribution in [0.2, 0.25) is 5.02 Å². The van der Waals surface area contributed by atoms with E-state index in [1.54, 1.807) is 24.4 Å². The normalized spacial score (nSPS) is 11.6. The van der Waals surface area contributed by atoms with Crippen molar-refractivity contribution >= 4 is 34.4 Å². The molecule has 0 N–H and O–H groups in total. The Bertz CT molecular complexity index is 869. The van der Waals surface area contributed by atoms with Gasteiger partial charge < -0.3 is 4.57 Å². The molecule has 0 saturated heterocycles. The minimum absolute atomic E-state index is 0.484. The van der Waals surface area contributed by atoms with Crippen LogP contribution < -0.4 is 0 Å². The number of benzene rings is 1. The molecule has 3 rings (SSSR count). The summed E-state index contributed by atoms with van der Waals surface area (Å²) in [4.78, 5) is 8.64. The second-order valence-corrected chi connectivity index (χ2v) is 5.00. The second kappa shape index (κ2) is 5.39. The number of rotatable bonds is 2. The average Bonchev–Trinajstić information content (AvgIpc) is 2.84. The number of aromatic nitrogens is 3. The molecule has 0 amide bonds. The van der Waals surface area contributed by atoms with Gasteiger partial charge in [0.2, 0.25) is 0 Å². The second-order valence-electron chi connectivity index (χ2n) is 4.56. The minimum Gasteiger partial charge on any atom is -0.325 e. The summed E-state index contributed by atoms with van der Waals surface area (Å²) in [6.45, 7) is 0. The van der Waals surface area contributed by atoms with E-state index in [4.69, 9.17) is 11.6 Å². The summed E-state index contributed by atoms with van der Waals surface area (Å²) in [6.07, 6.45) is 3.48. The first-order chi connectivity index (χ1) is 10.2. The number of nitrogens with zero attached hydrogens (tertiary/aromatic N) is 4. The number of hydrogen-bond donors (Lipinski definition) is 0. The number of nitriles is 1. The predicted octanol–water partition coefficient (Wildman–Crippen LogP) is 3.69. The lowest BCUT2D eigenvalue weighted by molar-refractivity contribution is 0.925. The van der Waals surface area contributed by atoms with E-state index in [0.717, 1.165) is 11.1 Å². The molecule has 2 aromatic heterocycles. The summed E-state index contributed by atoms with van der Waals surface area (Å²) in [7, 11) is 1.87. The molecule has 0 bridgehead atoms. The van der Waals surface area contributed by atoms with Crippen molar-refractivity contribution in [3.05, 3.63) is 59.0 Å². The Morgan fingerprint density at radius 2 is 2.05 bits per heavy atom. The summed E-state index contributed by atoms with van der Waals surface area (Å²) in [5.41, 5.74) is 2.91. The Kier molecular flexibility index (Phi) is 3.43. The van der Waals surface area contributed by atoms with Crippen LogP contribution in [0.15, 0.2) is 42.6 Å². The molecule has 3 aromatic rings. The molecule has 0 spiro atoms. The lowest BCUT2D eigenvalue weighted by Gasteiger charge is -2.01. The number of fused-ring (bicyclic) bond motifs is 1. The van der Waals surface area contributed by atoms with Crippen LogP contribution in [0.25, 0.3) is 22.8 Å². The van der Waals surface area contributed by atoms with Gasteiger partial charge in [-0.15, -0.1) is 0 Å². The van der Waals surface area contributed by atoms with Crippen molar-refractivity contribution in [2.45, 2.75) is 0 Å². The number of pyridine rings is 1. The van der Waals surface area contributed by atoms with Crippen molar-refractivity contribution in [2.75, 3.05) is 0 Å². The van der Waals surface area contributed by atoms with E-state index >= 15 is 0 Å². The zero-order valence-corrected chi connectivity index (χ0v) is 12.0. The standard InChI is InChI=1S/C16H11ClN4/c1-21-14-3-2-8-19-15(14)20-16(21)12(10-18)9-11-4-6-13(17)7-5-11/h2-9H,1H3. The highest BCUT2D eigenvalue weighted by Crippen LogP contribution is 2.21. The van der Waals surface area contributed by atoms with Crippen LogP contribution >= 0.6 is 11.6 Å². The van der Waals surface area contributed by atoms with Crippen molar-refractivity contribution < 1.29 is 0 Å². The van der Waals surface area contributed by atoms with Gasteiger partial charge in [-0.1, -0.05) is 23.7 Å². The zero-order chi connectivity index (χ0) is 14.8. The van der Waals surface area contributed by atoms with Crippen LogP contribution in [0.1, 0.15) is 11.4 Å². The number of halogens is 1. The maximum Gasteiger partial charge on any atom is 0.178 e. The molecule has 0 aliphatic heterocycles. The first kappa shape index (κ1) is 13.3. The quantitative estimate of drug-likeness (QED) is 0.677. The molecule has 0 saturated carbocycles. The van der Waals surface area contributed by atoms with Crippen LogP contribution in [-0.4, -0.2) is 14.5 Å².